The maximum absolute atomic E-state index is 14.4. The van der Waals surface area contributed by atoms with E-state index in [1.54, 1.807) is 0 Å². The molecule has 1 aromatic rings. The third kappa shape index (κ3) is 5.07. The Morgan fingerprint density at radius 3 is 2.62 bits per heavy atom. The first-order valence-corrected chi connectivity index (χ1v) is 10.1. The zero-order valence-electron chi connectivity index (χ0n) is 17.6. The van der Waals surface area contributed by atoms with Crippen molar-refractivity contribution in [1.29, 1.82) is 0 Å². The van der Waals surface area contributed by atoms with Crippen LogP contribution in [0.5, 0.6) is 5.75 Å². The summed E-state index contributed by atoms with van der Waals surface area (Å²) in [5, 5.41) is 23.6. The molecular formula is C21H26F3NO7. The largest absolute Gasteiger partial charge is 0.490 e. The van der Waals surface area contributed by atoms with Crippen LogP contribution in [0.3, 0.4) is 0 Å². The normalized spacial score (nSPS) is 30.2. The fourth-order valence-electron chi connectivity index (χ4n) is 3.78. The Labute approximate surface area is 182 Å². The molecule has 1 saturated carbocycles. The van der Waals surface area contributed by atoms with Gasteiger partial charge in [-0.3, -0.25) is 9.18 Å². The summed E-state index contributed by atoms with van der Waals surface area (Å²) in [6.45, 7) is 0.534. The molecular weight excluding hydrogens is 435 g/mol. The highest BCUT2D eigenvalue weighted by Gasteiger charge is 2.54. The molecule has 32 heavy (non-hydrogen) atoms. The Kier molecular flexibility index (Phi) is 8.12. The molecule has 2 aliphatic rings. The van der Waals surface area contributed by atoms with E-state index in [1.807, 2.05) is 0 Å². The van der Waals surface area contributed by atoms with E-state index in [0.717, 1.165) is 18.2 Å². The number of fused-ring (bicyclic) bond motifs is 1. The summed E-state index contributed by atoms with van der Waals surface area (Å²) >= 11 is 0. The number of aliphatic hydroxyl groups is 2. The predicted molar refractivity (Wildman–Crippen MR) is 105 cm³/mol. The van der Waals surface area contributed by atoms with Crippen molar-refractivity contribution in [1.82, 2.24) is 5.32 Å². The van der Waals surface area contributed by atoms with Crippen LogP contribution in [-0.4, -0.2) is 79.9 Å². The van der Waals surface area contributed by atoms with Crippen LogP contribution in [0.1, 0.15) is 18.9 Å². The highest BCUT2D eigenvalue weighted by molar-refractivity contribution is 5.97. The molecule has 1 heterocycles. The summed E-state index contributed by atoms with van der Waals surface area (Å²) in [5.74, 6) is -2.79. The lowest BCUT2D eigenvalue weighted by Crippen LogP contribution is -2.68. The second-order valence-corrected chi connectivity index (χ2v) is 7.58. The maximum atomic E-state index is 14.4. The number of aliphatic hydroxyl groups excluding tert-OH is 2. The van der Waals surface area contributed by atoms with E-state index >= 15 is 0 Å². The minimum absolute atomic E-state index is 0.00604. The fourth-order valence-corrected chi connectivity index (χ4v) is 3.78. The van der Waals surface area contributed by atoms with Crippen LogP contribution in [0.2, 0.25) is 0 Å². The van der Waals surface area contributed by atoms with E-state index in [9.17, 15) is 28.2 Å². The molecule has 0 unspecified atom stereocenters. The fraction of sp³-hybridized carbons (Fsp3) is 0.571. The van der Waals surface area contributed by atoms with Gasteiger partial charge in [0.1, 0.15) is 43.1 Å². The molecule has 6 atom stereocenters. The molecule has 1 amide bonds. The lowest BCUT2D eigenvalue weighted by atomic mass is 9.83. The van der Waals surface area contributed by atoms with Crippen molar-refractivity contribution >= 4 is 12.0 Å². The first-order chi connectivity index (χ1) is 15.3. The standard InChI is InChI=1S/C21H26F3NO7/c1-10(6-11-7-13(24)14(8-12(11)23)30-5-3-4-22)21(28)25-15-16(26)18(29-2)20-19(17(15)27)31-9-32-20/h6-8,15-20,26-27H,3-5,9H2,1-2H3,(H,25,28)/b10-6+/t15-,16+,17-,18-,19+,20-/m1/s1. The van der Waals surface area contributed by atoms with Gasteiger partial charge in [-0.2, -0.15) is 0 Å². The summed E-state index contributed by atoms with van der Waals surface area (Å²) in [5.41, 5.74) is -0.214. The molecule has 178 valence electrons. The summed E-state index contributed by atoms with van der Waals surface area (Å²) in [6.07, 6.45) is -3.78. The molecule has 2 fully saturated rings. The average molecular weight is 461 g/mol. The summed E-state index contributed by atoms with van der Waals surface area (Å²) < 4.78 is 61.6. The highest BCUT2D eigenvalue weighted by Crippen LogP contribution is 2.31. The number of amides is 1. The Balaban J connectivity index is 1.73. The molecule has 0 radical (unpaired) electrons. The molecule has 1 aliphatic heterocycles. The monoisotopic (exact) mass is 461 g/mol. The molecule has 1 aliphatic carbocycles. The van der Waals surface area contributed by atoms with Crippen molar-refractivity contribution < 1.29 is 47.1 Å². The number of carbonyl (C=O) groups is 1. The van der Waals surface area contributed by atoms with E-state index in [2.05, 4.69) is 5.32 Å². The van der Waals surface area contributed by atoms with Gasteiger partial charge in [0.25, 0.3) is 0 Å². The highest BCUT2D eigenvalue weighted by atomic mass is 19.1. The van der Waals surface area contributed by atoms with Crippen molar-refractivity contribution in [3.05, 3.63) is 34.9 Å². The molecule has 1 aromatic carbocycles. The van der Waals surface area contributed by atoms with Crippen molar-refractivity contribution in [2.24, 2.45) is 0 Å². The third-order valence-electron chi connectivity index (χ3n) is 5.46. The maximum Gasteiger partial charge on any atom is 0.247 e. The first kappa shape index (κ1) is 24.5. The number of nitrogens with one attached hydrogen (secondary N) is 1. The number of hydrogen-bond donors (Lipinski definition) is 3. The number of carbonyl (C=O) groups excluding carboxylic acids is 1. The Morgan fingerprint density at radius 2 is 1.94 bits per heavy atom. The van der Waals surface area contributed by atoms with E-state index in [1.165, 1.54) is 14.0 Å². The Bertz CT molecular complexity index is 853. The number of benzene rings is 1. The van der Waals surface area contributed by atoms with Crippen LogP contribution in [-0.2, 0) is 19.0 Å². The Morgan fingerprint density at radius 1 is 1.22 bits per heavy atom. The first-order valence-electron chi connectivity index (χ1n) is 10.1. The molecule has 0 spiro atoms. The van der Waals surface area contributed by atoms with Crippen molar-refractivity contribution in [2.75, 3.05) is 27.2 Å². The number of halogens is 3. The molecule has 3 rings (SSSR count). The molecule has 1 saturated heterocycles. The van der Waals surface area contributed by atoms with E-state index in [-0.39, 0.29) is 36.7 Å². The number of hydrogen-bond acceptors (Lipinski definition) is 7. The zero-order chi connectivity index (χ0) is 23.4. The van der Waals surface area contributed by atoms with Crippen molar-refractivity contribution in [3.63, 3.8) is 0 Å². The lowest BCUT2D eigenvalue weighted by Gasteiger charge is -2.43. The second-order valence-electron chi connectivity index (χ2n) is 7.58. The van der Waals surface area contributed by atoms with Gasteiger partial charge < -0.3 is 34.5 Å². The molecule has 8 nitrogen and oxygen atoms in total. The quantitative estimate of drug-likeness (QED) is 0.393. The van der Waals surface area contributed by atoms with Crippen molar-refractivity contribution in [3.8, 4) is 5.75 Å². The average Bonchev–Trinajstić information content (AvgIpc) is 3.24. The van der Waals surface area contributed by atoms with Crippen LogP contribution < -0.4 is 10.1 Å². The van der Waals surface area contributed by atoms with Gasteiger partial charge in [-0.15, -0.1) is 0 Å². The van der Waals surface area contributed by atoms with Gasteiger partial charge in [0, 0.05) is 30.7 Å². The Hall–Kier alpha value is -2.18. The number of ether oxygens (including phenoxy) is 4. The topological polar surface area (TPSA) is 106 Å². The molecule has 0 aromatic heterocycles. The molecule has 3 N–H and O–H groups in total. The van der Waals surface area contributed by atoms with Crippen LogP contribution in [0.25, 0.3) is 6.08 Å². The smallest absolute Gasteiger partial charge is 0.247 e. The lowest BCUT2D eigenvalue weighted by molar-refractivity contribution is -0.164. The SMILES string of the molecule is CO[C@@H]1[C@@H](O)[C@@H](NC(=O)/C(C)=C/c2cc(F)c(OCCCF)cc2F)[C@@H](O)[C@@H]2OCO[C@H]12. The van der Waals surface area contributed by atoms with Crippen LogP contribution in [0, 0.1) is 11.6 Å². The number of rotatable bonds is 8. The summed E-state index contributed by atoms with van der Waals surface area (Å²) in [4.78, 5) is 12.6. The van der Waals surface area contributed by atoms with Crippen molar-refractivity contribution in [2.45, 2.75) is 49.9 Å². The number of alkyl halides is 1. The minimum Gasteiger partial charge on any atom is -0.490 e. The van der Waals surface area contributed by atoms with E-state index in [4.69, 9.17) is 18.9 Å². The van der Waals surface area contributed by atoms with E-state index in [0.29, 0.717) is 0 Å². The third-order valence-corrected chi connectivity index (χ3v) is 5.46. The van der Waals surface area contributed by atoms with Crippen LogP contribution in [0.15, 0.2) is 17.7 Å². The summed E-state index contributed by atoms with van der Waals surface area (Å²) in [7, 11) is 1.36. The van der Waals surface area contributed by atoms with E-state index < -0.39 is 60.8 Å². The van der Waals surface area contributed by atoms with Gasteiger partial charge in [0.05, 0.1) is 19.3 Å². The van der Waals surface area contributed by atoms with Gasteiger partial charge >= 0.3 is 0 Å². The molecule has 0 bridgehead atoms. The molecule has 11 heteroatoms. The minimum atomic E-state index is -1.30. The van der Waals surface area contributed by atoms with Gasteiger partial charge in [-0.05, 0) is 19.1 Å². The zero-order valence-corrected chi connectivity index (χ0v) is 17.6. The van der Waals surface area contributed by atoms with Gasteiger partial charge in [-0.25, -0.2) is 8.78 Å². The predicted octanol–water partition coefficient (Wildman–Crippen LogP) is 1.08. The van der Waals surface area contributed by atoms with Gasteiger partial charge in [0.2, 0.25) is 5.91 Å². The van der Waals surface area contributed by atoms with Gasteiger partial charge in [0.15, 0.2) is 11.6 Å². The second kappa shape index (κ2) is 10.6. The van der Waals surface area contributed by atoms with Crippen LogP contribution in [0.4, 0.5) is 13.2 Å². The number of methoxy groups -OCH3 is 1. The van der Waals surface area contributed by atoms with Crippen LogP contribution >= 0.6 is 0 Å². The van der Waals surface area contributed by atoms with Gasteiger partial charge in [-0.1, -0.05) is 0 Å². The summed E-state index contributed by atoms with van der Waals surface area (Å²) in [6, 6.07) is 0.530.